The van der Waals surface area contributed by atoms with Crippen LogP contribution in [0.5, 0.6) is 0 Å². The summed E-state index contributed by atoms with van der Waals surface area (Å²) in [5.41, 5.74) is 3.36. The van der Waals surface area contributed by atoms with Gasteiger partial charge in [0.25, 0.3) is 0 Å². The van der Waals surface area contributed by atoms with E-state index in [0.29, 0.717) is 12.1 Å². The Kier molecular flexibility index (Phi) is 4.65. The van der Waals surface area contributed by atoms with Gasteiger partial charge in [0.1, 0.15) is 0 Å². The first-order valence-corrected chi connectivity index (χ1v) is 9.98. The number of carbonyl (C=O) groups excluding carboxylic acids is 1. The summed E-state index contributed by atoms with van der Waals surface area (Å²) in [6.07, 6.45) is 3.93. The Hall–Kier alpha value is -2.01. The number of hydrogen-bond donors (Lipinski definition) is 1. The van der Waals surface area contributed by atoms with Crippen LogP contribution in [-0.4, -0.2) is 52.1 Å². The lowest BCUT2D eigenvalue weighted by atomic mass is 9.98. The third-order valence-electron chi connectivity index (χ3n) is 6.15. The molecular formula is C21H30N4O. The topological polar surface area (TPSA) is 40.5 Å². The number of likely N-dealkylation sites (tertiary alicyclic amines) is 2. The zero-order valence-electron chi connectivity index (χ0n) is 16.2. The van der Waals surface area contributed by atoms with E-state index in [-0.39, 0.29) is 6.03 Å². The van der Waals surface area contributed by atoms with Crippen LogP contribution in [0.15, 0.2) is 24.3 Å². The molecule has 140 valence electrons. The lowest BCUT2D eigenvalue weighted by Gasteiger charge is -2.49. The Balaban J connectivity index is 1.37. The van der Waals surface area contributed by atoms with E-state index in [1.165, 1.54) is 42.4 Å². The predicted molar refractivity (Wildman–Crippen MR) is 107 cm³/mol. The molecule has 0 spiro atoms. The van der Waals surface area contributed by atoms with Crippen molar-refractivity contribution in [1.29, 1.82) is 0 Å². The molecule has 0 aliphatic carbocycles. The summed E-state index contributed by atoms with van der Waals surface area (Å²) in [5, 5.41) is 4.26. The van der Waals surface area contributed by atoms with Crippen molar-refractivity contribution in [1.82, 2.24) is 14.4 Å². The number of rotatable bonds is 3. The summed E-state index contributed by atoms with van der Waals surface area (Å²) in [6.45, 7) is 10.5. The molecule has 2 aliphatic rings. The monoisotopic (exact) mass is 354 g/mol. The number of hydrogen-bond acceptors (Lipinski definition) is 2. The number of carbonyl (C=O) groups is 1. The molecule has 0 radical (unpaired) electrons. The van der Waals surface area contributed by atoms with Gasteiger partial charge in [0, 0.05) is 54.0 Å². The van der Waals surface area contributed by atoms with E-state index >= 15 is 0 Å². The normalized spacial score (nSPS) is 21.8. The average molecular weight is 354 g/mol. The van der Waals surface area contributed by atoms with Gasteiger partial charge in [0.05, 0.1) is 0 Å². The molecule has 26 heavy (non-hydrogen) atoms. The Morgan fingerprint density at radius 3 is 2.77 bits per heavy atom. The second-order valence-electron chi connectivity index (χ2n) is 7.88. The molecule has 2 amide bonds. The summed E-state index contributed by atoms with van der Waals surface area (Å²) in [4.78, 5) is 17.1. The number of urea groups is 1. The van der Waals surface area contributed by atoms with Crippen molar-refractivity contribution in [2.75, 3.05) is 25.0 Å². The summed E-state index contributed by atoms with van der Waals surface area (Å²) in [6, 6.07) is 9.61. The van der Waals surface area contributed by atoms with Crippen LogP contribution in [0, 0.1) is 6.92 Å². The Bertz CT molecular complexity index is 806. The largest absolute Gasteiger partial charge is 0.345 e. The number of amides is 2. The van der Waals surface area contributed by atoms with Crippen LogP contribution in [0.4, 0.5) is 10.5 Å². The van der Waals surface area contributed by atoms with Gasteiger partial charge in [-0.15, -0.1) is 0 Å². The molecule has 0 bridgehead atoms. The first-order valence-electron chi connectivity index (χ1n) is 9.98. The van der Waals surface area contributed by atoms with E-state index in [0.717, 1.165) is 25.3 Å². The number of anilines is 1. The Morgan fingerprint density at radius 2 is 2.04 bits per heavy atom. The maximum Gasteiger partial charge on any atom is 0.321 e. The van der Waals surface area contributed by atoms with Crippen LogP contribution in [0.2, 0.25) is 0 Å². The number of fused-ring (bicyclic) bond motifs is 1. The van der Waals surface area contributed by atoms with E-state index in [2.05, 4.69) is 53.8 Å². The standard InChI is InChI=1S/C21H30N4O/c1-4-24-16(3)11-17-12-18(8-9-20(17)24)22-21(26)23-13-19(14-23)25-10-6-5-7-15(25)2/h8-9,11-12,15,19H,4-7,10,13-14H2,1-3H3,(H,22,26). The molecule has 0 saturated carbocycles. The van der Waals surface area contributed by atoms with Crippen molar-refractivity contribution in [2.45, 2.75) is 58.7 Å². The molecule has 2 saturated heterocycles. The van der Waals surface area contributed by atoms with Gasteiger partial charge in [0.15, 0.2) is 0 Å². The van der Waals surface area contributed by atoms with Crippen LogP contribution >= 0.6 is 0 Å². The molecule has 5 heteroatoms. The zero-order chi connectivity index (χ0) is 18.3. The highest BCUT2D eigenvalue weighted by atomic mass is 16.2. The predicted octanol–water partition coefficient (Wildman–Crippen LogP) is 4.06. The second kappa shape index (κ2) is 6.95. The zero-order valence-corrected chi connectivity index (χ0v) is 16.2. The summed E-state index contributed by atoms with van der Waals surface area (Å²) in [5.74, 6) is 0. The van der Waals surface area contributed by atoms with Gasteiger partial charge >= 0.3 is 6.03 Å². The molecule has 1 aromatic heterocycles. The van der Waals surface area contributed by atoms with E-state index in [1.807, 2.05) is 11.0 Å². The van der Waals surface area contributed by atoms with Gasteiger partial charge in [-0.2, -0.15) is 0 Å². The summed E-state index contributed by atoms with van der Waals surface area (Å²) >= 11 is 0. The minimum Gasteiger partial charge on any atom is -0.345 e. The van der Waals surface area contributed by atoms with Crippen molar-refractivity contribution in [3.05, 3.63) is 30.0 Å². The quantitative estimate of drug-likeness (QED) is 0.903. The fourth-order valence-electron chi connectivity index (χ4n) is 4.60. The molecule has 5 nitrogen and oxygen atoms in total. The minimum atomic E-state index is 0.0249. The Labute approximate surface area is 155 Å². The molecule has 1 aromatic carbocycles. The third kappa shape index (κ3) is 3.09. The van der Waals surface area contributed by atoms with Crippen LogP contribution < -0.4 is 5.32 Å². The highest BCUT2D eigenvalue weighted by Gasteiger charge is 2.37. The van der Waals surface area contributed by atoms with Gasteiger partial charge < -0.3 is 14.8 Å². The third-order valence-corrected chi connectivity index (χ3v) is 6.15. The lowest BCUT2D eigenvalue weighted by Crippen LogP contribution is -2.64. The average Bonchev–Trinajstić information content (AvgIpc) is 2.89. The van der Waals surface area contributed by atoms with Crippen LogP contribution in [0.25, 0.3) is 10.9 Å². The van der Waals surface area contributed by atoms with Crippen LogP contribution in [0.1, 0.15) is 38.8 Å². The SMILES string of the molecule is CCn1c(C)cc2cc(NC(=O)N3CC(N4CCCCC4C)C3)ccc21. The molecule has 2 aromatic rings. The van der Waals surface area contributed by atoms with Crippen molar-refractivity contribution in [3.8, 4) is 0 Å². The number of nitrogens with zero attached hydrogens (tertiary/aromatic N) is 3. The number of aromatic nitrogens is 1. The molecular weight excluding hydrogens is 324 g/mol. The van der Waals surface area contributed by atoms with Gasteiger partial charge in [-0.3, -0.25) is 4.90 Å². The van der Waals surface area contributed by atoms with Crippen molar-refractivity contribution in [2.24, 2.45) is 0 Å². The van der Waals surface area contributed by atoms with E-state index < -0.39 is 0 Å². The number of piperidine rings is 1. The molecule has 1 unspecified atom stereocenters. The molecule has 1 atom stereocenters. The molecule has 2 fully saturated rings. The van der Waals surface area contributed by atoms with Crippen LogP contribution in [0.3, 0.4) is 0 Å². The summed E-state index contributed by atoms with van der Waals surface area (Å²) < 4.78 is 2.29. The number of benzene rings is 1. The maximum absolute atomic E-state index is 12.6. The van der Waals surface area contributed by atoms with E-state index in [1.54, 1.807) is 0 Å². The van der Waals surface area contributed by atoms with Crippen LogP contribution in [-0.2, 0) is 6.54 Å². The highest BCUT2D eigenvalue weighted by molar-refractivity contribution is 5.93. The minimum absolute atomic E-state index is 0.0249. The van der Waals surface area contributed by atoms with Crippen molar-refractivity contribution in [3.63, 3.8) is 0 Å². The smallest absolute Gasteiger partial charge is 0.321 e. The fourth-order valence-corrected chi connectivity index (χ4v) is 4.60. The number of aryl methyl sites for hydroxylation is 2. The highest BCUT2D eigenvalue weighted by Crippen LogP contribution is 2.26. The molecule has 2 aliphatic heterocycles. The first-order chi connectivity index (χ1) is 12.6. The van der Waals surface area contributed by atoms with Gasteiger partial charge in [-0.25, -0.2) is 4.79 Å². The fraction of sp³-hybridized carbons (Fsp3) is 0.571. The van der Waals surface area contributed by atoms with Crippen molar-refractivity contribution >= 4 is 22.6 Å². The van der Waals surface area contributed by atoms with Gasteiger partial charge in [0.2, 0.25) is 0 Å². The lowest BCUT2D eigenvalue weighted by molar-refractivity contribution is 0.0199. The van der Waals surface area contributed by atoms with E-state index in [9.17, 15) is 4.79 Å². The van der Waals surface area contributed by atoms with Crippen molar-refractivity contribution < 1.29 is 4.79 Å². The number of nitrogens with one attached hydrogen (secondary N) is 1. The first kappa shape index (κ1) is 17.4. The van der Waals surface area contributed by atoms with E-state index in [4.69, 9.17) is 0 Å². The molecule has 3 heterocycles. The molecule has 1 N–H and O–H groups in total. The van der Waals surface area contributed by atoms with Gasteiger partial charge in [-0.05, 0) is 64.4 Å². The Morgan fingerprint density at radius 1 is 1.23 bits per heavy atom. The summed E-state index contributed by atoms with van der Waals surface area (Å²) in [7, 11) is 0. The second-order valence-corrected chi connectivity index (χ2v) is 7.88. The maximum atomic E-state index is 12.6. The van der Waals surface area contributed by atoms with Gasteiger partial charge in [-0.1, -0.05) is 6.42 Å². The molecule has 4 rings (SSSR count).